The van der Waals surface area contributed by atoms with Crippen LogP contribution >= 0.6 is 0 Å². The highest BCUT2D eigenvalue weighted by Gasteiger charge is 2.39. The smallest absolute Gasteiger partial charge is 0.422 e. The van der Waals surface area contributed by atoms with Gasteiger partial charge in [-0.15, -0.1) is 0 Å². The Labute approximate surface area is 108 Å². The zero-order valence-corrected chi connectivity index (χ0v) is 11.0. The van der Waals surface area contributed by atoms with Gasteiger partial charge in [-0.2, -0.15) is 13.2 Å². The van der Waals surface area contributed by atoms with Crippen LogP contribution in [-0.2, 0) is 19.6 Å². The number of sulfonamides is 1. The molecule has 0 aromatic heterocycles. The number of carbonyl (C=O) groups excluding carboxylic acids is 1. The lowest BCUT2D eigenvalue weighted by atomic mass is 10.2. The zero-order valence-electron chi connectivity index (χ0n) is 10.2. The zero-order chi connectivity index (χ0) is 14.8. The van der Waals surface area contributed by atoms with Crippen molar-refractivity contribution in [3.63, 3.8) is 0 Å². The molecule has 5 nitrogen and oxygen atoms in total. The Hall–Kier alpha value is -1.09. The van der Waals surface area contributed by atoms with Crippen LogP contribution in [0.25, 0.3) is 0 Å². The predicted octanol–water partition coefficient (Wildman–Crippen LogP) is 1.12. The highest BCUT2D eigenvalue weighted by atomic mass is 32.2. The Morgan fingerprint density at radius 1 is 1.37 bits per heavy atom. The Morgan fingerprint density at radius 2 is 1.95 bits per heavy atom. The van der Waals surface area contributed by atoms with Gasteiger partial charge in [0.25, 0.3) is 0 Å². The summed E-state index contributed by atoms with van der Waals surface area (Å²) < 4.78 is 65.5. The Balaban J connectivity index is 2.49. The average Bonchev–Trinajstić information content (AvgIpc) is 2.60. The molecule has 1 aliphatic rings. The first kappa shape index (κ1) is 16.0. The first-order valence-corrected chi connectivity index (χ1v) is 7.32. The van der Waals surface area contributed by atoms with Gasteiger partial charge in [-0.3, -0.25) is 0 Å². The van der Waals surface area contributed by atoms with E-state index in [4.69, 9.17) is 0 Å². The number of halogens is 3. The Morgan fingerprint density at radius 3 is 2.42 bits per heavy atom. The fourth-order valence-corrected chi connectivity index (χ4v) is 2.61. The van der Waals surface area contributed by atoms with E-state index < -0.39 is 39.9 Å². The molecule has 0 saturated heterocycles. The van der Waals surface area contributed by atoms with E-state index in [1.54, 1.807) is 0 Å². The number of hydrogen-bond acceptors (Lipinski definition) is 4. The second-order valence-electron chi connectivity index (χ2n) is 4.40. The van der Waals surface area contributed by atoms with Crippen molar-refractivity contribution < 1.29 is 31.1 Å². The maximum atomic E-state index is 12.2. The van der Waals surface area contributed by atoms with Crippen LogP contribution in [0.1, 0.15) is 19.3 Å². The minimum atomic E-state index is -4.82. The molecule has 0 radical (unpaired) electrons. The fraction of sp³-hybridized carbons (Fsp3) is 0.700. The summed E-state index contributed by atoms with van der Waals surface area (Å²) in [6.07, 6.45) is -3.69. The molecule has 0 amide bonds. The average molecular weight is 301 g/mol. The minimum absolute atomic E-state index is 0.157. The highest BCUT2D eigenvalue weighted by Crippen LogP contribution is 2.28. The van der Waals surface area contributed by atoms with Crippen LogP contribution < -0.4 is 4.72 Å². The van der Waals surface area contributed by atoms with Gasteiger partial charge in [0.15, 0.2) is 0 Å². The van der Waals surface area contributed by atoms with E-state index in [0.717, 1.165) is 6.26 Å². The highest BCUT2D eigenvalue weighted by molar-refractivity contribution is 7.88. The molecule has 0 aromatic carbocycles. The summed E-state index contributed by atoms with van der Waals surface area (Å²) in [4.78, 5) is 11.2. The number of nitrogens with one attached hydrogen (secondary N) is 1. The third-order valence-corrected chi connectivity index (χ3v) is 3.39. The van der Waals surface area contributed by atoms with Gasteiger partial charge in [0.2, 0.25) is 10.0 Å². The molecule has 0 aromatic rings. The van der Waals surface area contributed by atoms with E-state index in [9.17, 15) is 26.4 Å². The molecule has 0 bridgehead atoms. The third-order valence-electron chi connectivity index (χ3n) is 2.63. The van der Waals surface area contributed by atoms with Crippen molar-refractivity contribution in [3.05, 3.63) is 12.2 Å². The molecule has 1 saturated carbocycles. The molecule has 0 aliphatic heterocycles. The number of ether oxygens (including phenoxy) is 1. The van der Waals surface area contributed by atoms with Gasteiger partial charge in [0.05, 0.1) is 6.26 Å². The standard InChI is InChI=1S/C10H14F3NO4S/c1-6(10(11,12)13)9(15)18-8-4-3-7(5-8)14-19(2,16)17/h7-8,14H,1,3-5H2,2H3. The predicted molar refractivity (Wildman–Crippen MR) is 60.7 cm³/mol. The number of esters is 1. The van der Waals surface area contributed by atoms with Crippen LogP contribution in [-0.4, -0.2) is 39.0 Å². The molecule has 2 unspecified atom stereocenters. The van der Waals surface area contributed by atoms with Crippen LogP contribution in [0, 0.1) is 0 Å². The summed E-state index contributed by atoms with van der Waals surface area (Å²) in [5, 5.41) is 0. The molecular weight excluding hydrogens is 287 g/mol. The lowest BCUT2D eigenvalue weighted by molar-refractivity contribution is -0.155. The van der Waals surface area contributed by atoms with E-state index >= 15 is 0 Å². The van der Waals surface area contributed by atoms with E-state index in [1.807, 2.05) is 0 Å². The van der Waals surface area contributed by atoms with Gasteiger partial charge in [-0.1, -0.05) is 6.58 Å². The van der Waals surface area contributed by atoms with E-state index in [-0.39, 0.29) is 6.42 Å². The third kappa shape index (κ3) is 5.19. The first-order valence-electron chi connectivity index (χ1n) is 5.43. The van der Waals surface area contributed by atoms with E-state index in [2.05, 4.69) is 16.0 Å². The van der Waals surface area contributed by atoms with Gasteiger partial charge in [0, 0.05) is 12.5 Å². The minimum Gasteiger partial charge on any atom is -0.459 e. The molecule has 19 heavy (non-hydrogen) atoms. The molecular formula is C10H14F3NO4S. The summed E-state index contributed by atoms with van der Waals surface area (Å²) in [6.45, 7) is 2.64. The quantitative estimate of drug-likeness (QED) is 0.624. The lowest BCUT2D eigenvalue weighted by Gasteiger charge is -2.15. The number of hydrogen-bond donors (Lipinski definition) is 1. The molecule has 0 heterocycles. The lowest BCUT2D eigenvalue weighted by Crippen LogP contribution is -2.33. The van der Waals surface area contributed by atoms with E-state index in [0.29, 0.717) is 12.8 Å². The van der Waals surface area contributed by atoms with Gasteiger partial charge >= 0.3 is 12.1 Å². The van der Waals surface area contributed by atoms with Crippen molar-refractivity contribution in [2.45, 2.75) is 37.6 Å². The number of alkyl halides is 3. The number of carbonyl (C=O) groups is 1. The second-order valence-corrected chi connectivity index (χ2v) is 6.18. The van der Waals surface area contributed by atoms with Crippen molar-refractivity contribution >= 4 is 16.0 Å². The van der Waals surface area contributed by atoms with Crippen molar-refractivity contribution in [1.29, 1.82) is 0 Å². The summed E-state index contributed by atoms with van der Waals surface area (Å²) in [5.74, 6) is -1.52. The molecule has 9 heteroatoms. The molecule has 110 valence electrons. The van der Waals surface area contributed by atoms with Gasteiger partial charge in [-0.05, 0) is 12.8 Å². The molecule has 1 fully saturated rings. The fourth-order valence-electron chi connectivity index (χ4n) is 1.80. The van der Waals surface area contributed by atoms with Crippen molar-refractivity contribution in [2.24, 2.45) is 0 Å². The van der Waals surface area contributed by atoms with Gasteiger partial charge in [-0.25, -0.2) is 17.9 Å². The molecule has 2 atom stereocenters. The van der Waals surface area contributed by atoms with Crippen LogP contribution in [0.4, 0.5) is 13.2 Å². The molecule has 0 spiro atoms. The van der Waals surface area contributed by atoms with Crippen LogP contribution in [0.3, 0.4) is 0 Å². The molecule has 1 aliphatic carbocycles. The van der Waals surface area contributed by atoms with Crippen molar-refractivity contribution in [1.82, 2.24) is 4.72 Å². The normalized spacial score (nSPS) is 24.2. The van der Waals surface area contributed by atoms with Crippen LogP contribution in [0.2, 0.25) is 0 Å². The number of rotatable bonds is 4. The molecule has 1 rings (SSSR count). The van der Waals surface area contributed by atoms with Crippen molar-refractivity contribution in [3.8, 4) is 0 Å². The van der Waals surface area contributed by atoms with Crippen molar-refractivity contribution in [2.75, 3.05) is 6.26 Å². The van der Waals surface area contributed by atoms with Gasteiger partial charge in [0.1, 0.15) is 11.7 Å². The van der Waals surface area contributed by atoms with Crippen LogP contribution in [0.5, 0.6) is 0 Å². The summed E-state index contributed by atoms with van der Waals surface area (Å²) in [7, 11) is -3.39. The SMILES string of the molecule is C=C(C(=O)OC1CCC(NS(C)(=O)=O)C1)C(F)(F)F. The van der Waals surface area contributed by atoms with Crippen LogP contribution in [0.15, 0.2) is 12.2 Å². The van der Waals surface area contributed by atoms with E-state index in [1.165, 1.54) is 0 Å². The monoisotopic (exact) mass is 301 g/mol. The maximum Gasteiger partial charge on any atom is 0.422 e. The summed E-state index contributed by atoms with van der Waals surface area (Å²) >= 11 is 0. The first-order chi connectivity index (χ1) is 8.49. The largest absolute Gasteiger partial charge is 0.459 e. The second kappa shape index (κ2) is 5.49. The van der Waals surface area contributed by atoms with Gasteiger partial charge < -0.3 is 4.74 Å². The Kier molecular flexibility index (Phi) is 4.62. The molecule has 1 N–H and O–H groups in total. The maximum absolute atomic E-state index is 12.2. The Bertz CT molecular complexity index is 472. The summed E-state index contributed by atoms with van der Waals surface area (Å²) in [6, 6.07) is -0.424. The summed E-state index contributed by atoms with van der Waals surface area (Å²) in [5.41, 5.74) is -1.56. The topological polar surface area (TPSA) is 72.5 Å².